The van der Waals surface area contributed by atoms with E-state index in [1.165, 1.54) is 12.1 Å². The molecular weight excluding hydrogens is 503 g/mol. The number of carbonyl (C=O) groups excluding carboxylic acids is 1. The van der Waals surface area contributed by atoms with Gasteiger partial charge in [-0.05, 0) is 63.2 Å². The van der Waals surface area contributed by atoms with Gasteiger partial charge in [0, 0.05) is 24.3 Å². The highest BCUT2D eigenvalue weighted by atomic mass is 19.1. The number of anilines is 1. The number of carbonyl (C=O) groups is 1. The number of H-pyrrole nitrogens is 1. The third-order valence-electron chi connectivity index (χ3n) is 6.82. The van der Waals surface area contributed by atoms with E-state index >= 15 is 0 Å². The number of piperidine rings is 1. The van der Waals surface area contributed by atoms with Crippen molar-refractivity contribution >= 4 is 11.9 Å². The first kappa shape index (κ1) is 26.7. The third-order valence-corrected chi connectivity index (χ3v) is 6.82. The van der Waals surface area contributed by atoms with E-state index in [-0.39, 0.29) is 43.9 Å². The molecule has 2 aliphatic heterocycles. The second-order valence-corrected chi connectivity index (χ2v) is 9.97. The SMILES string of the molecule is CC1(C(=O)NCCC#N)COC(c2nc(-c3ccc(F)cc3)c(-c3ccnc(NC4CCNCC4)n3)[nH]2)OC1. The van der Waals surface area contributed by atoms with Crippen LogP contribution in [-0.2, 0) is 14.3 Å². The number of imidazole rings is 1. The molecule has 0 aliphatic carbocycles. The topological polar surface area (TPSA) is 150 Å². The summed E-state index contributed by atoms with van der Waals surface area (Å²) in [7, 11) is 0. The molecule has 0 spiro atoms. The highest BCUT2D eigenvalue weighted by Crippen LogP contribution is 2.35. The van der Waals surface area contributed by atoms with Gasteiger partial charge in [0.1, 0.15) is 5.82 Å². The van der Waals surface area contributed by atoms with Crippen molar-refractivity contribution in [1.29, 1.82) is 5.26 Å². The number of nitriles is 1. The zero-order chi connectivity index (χ0) is 27.2. The summed E-state index contributed by atoms with van der Waals surface area (Å²) in [5, 5.41) is 18.2. The Labute approximate surface area is 225 Å². The summed E-state index contributed by atoms with van der Waals surface area (Å²) < 4.78 is 25.6. The van der Waals surface area contributed by atoms with Crippen LogP contribution in [0.3, 0.4) is 0 Å². The Kier molecular flexibility index (Phi) is 8.11. The predicted molar refractivity (Wildman–Crippen MR) is 141 cm³/mol. The van der Waals surface area contributed by atoms with E-state index in [0.29, 0.717) is 34.4 Å². The van der Waals surface area contributed by atoms with Gasteiger partial charge in [0.2, 0.25) is 18.1 Å². The number of nitrogens with one attached hydrogen (secondary N) is 4. The number of aromatic nitrogens is 4. The maximum absolute atomic E-state index is 13.7. The lowest BCUT2D eigenvalue weighted by Gasteiger charge is -2.35. The molecule has 1 aromatic carbocycles. The van der Waals surface area contributed by atoms with E-state index in [0.717, 1.165) is 25.9 Å². The molecule has 0 unspecified atom stereocenters. The molecule has 39 heavy (non-hydrogen) atoms. The van der Waals surface area contributed by atoms with Gasteiger partial charge in [-0.15, -0.1) is 0 Å². The van der Waals surface area contributed by atoms with Gasteiger partial charge in [-0.25, -0.2) is 19.3 Å². The number of aromatic amines is 1. The molecule has 2 aromatic heterocycles. The molecule has 4 heterocycles. The van der Waals surface area contributed by atoms with Gasteiger partial charge >= 0.3 is 0 Å². The Morgan fingerprint density at radius 2 is 1.92 bits per heavy atom. The van der Waals surface area contributed by atoms with Gasteiger partial charge in [-0.1, -0.05) is 0 Å². The lowest BCUT2D eigenvalue weighted by Crippen LogP contribution is -2.48. The second kappa shape index (κ2) is 11.9. The third kappa shape index (κ3) is 6.22. The first-order chi connectivity index (χ1) is 18.9. The lowest BCUT2D eigenvalue weighted by molar-refractivity contribution is -0.231. The molecule has 0 saturated carbocycles. The van der Waals surface area contributed by atoms with Gasteiger partial charge in [-0.2, -0.15) is 5.26 Å². The first-order valence-electron chi connectivity index (χ1n) is 13.0. The zero-order valence-electron chi connectivity index (χ0n) is 21.7. The largest absolute Gasteiger partial charge is 0.354 e. The monoisotopic (exact) mass is 534 g/mol. The van der Waals surface area contributed by atoms with Crippen LogP contribution >= 0.6 is 0 Å². The van der Waals surface area contributed by atoms with Crippen molar-refractivity contribution in [3.8, 4) is 28.7 Å². The van der Waals surface area contributed by atoms with E-state index in [2.05, 4.69) is 25.9 Å². The smallest absolute Gasteiger partial charge is 0.230 e. The molecule has 4 N–H and O–H groups in total. The van der Waals surface area contributed by atoms with Crippen molar-refractivity contribution in [3.63, 3.8) is 0 Å². The quantitative estimate of drug-likeness (QED) is 0.320. The zero-order valence-corrected chi connectivity index (χ0v) is 21.7. The Morgan fingerprint density at radius 3 is 2.64 bits per heavy atom. The van der Waals surface area contributed by atoms with Crippen molar-refractivity contribution in [3.05, 3.63) is 48.2 Å². The molecule has 0 atom stereocenters. The molecule has 0 radical (unpaired) electrons. The van der Waals surface area contributed by atoms with E-state index in [1.54, 1.807) is 31.3 Å². The normalized spacial score (nSPS) is 21.7. The summed E-state index contributed by atoms with van der Waals surface area (Å²) in [6.07, 6.45) is 3.03. The Balaban J connectivity index is 1.39. The van der Waals surface area contributed by atoms with E-state index in [1.807, 2.05) is 6.07 Å². The fourth-order valence-electron chi connectivity index (χ4n) is 4.56. The molecule has 2 fully saturated rings. The van der Waals surface area contributed by atoms with Crippen LogP contribution in [0, 0.1) is 22.6 Å². The standard InChI is InChI=1S/C27H31FN8O3/c1-27(25(37)31-11-2-10-29)15-38-24(39-16-27)23-35-21(17-3-5-18(28)6-4-17)22(36-23)20-9-14-32-26(34-20)33-19-7-12-30-13-8-19/h3-6,9,14,19,24,30H,2,7-8,11-13,15-16H2,1H3,(H,31,37)(H,35,36)(H,32,33,34). The summed E-state index contributed by atoms with van der Waals surface area (Å²) in [6, 6.07) is 10.1. The lowest BCUT2D eigenvalue weighted by atomic mass is 9.91. The van der Waals surface area contributed by atoms with Crippen molar-refractivity contribution in [2.45, 2.75) is 38.5 Å². The summed E-state index contributed by atoms with van der Waals surface area (Å²) in [4.78, 5) is 29.8. The van der Waals surface area contributed by atoms with E-state index in [4.69, 9.17) is 24.7 Å². The number of ether oxygens (including phenoxy) is 2. The summed E-state index contributed by atoms with van der Waals surface area (Å²) in [5.41, 5.74) is 1.58. The van der Waals surface area contributed by atoms with Crippen LogP contribution < -0.4 is 16.0 Å². The van der Waals surface area contributed by atoms with E-state index in [9.17, 15) is 9.18 Å². The average molecular weight is 535 g/mol. The van der Waals surface area contributed by atoms with Crippen LogP contribution in [0.2, 0.25) is 0 Å². The molecule has 204 valence electrons. The number of amides is 1. The predicted octanol–water partition coefficient (Wildman–Crippen LogP) is 2.92. The van der Waals surface area contributed by atoms with Gasteiger partial charge in [0.25, 0.3) is 0 Å². The van der Waals surface area contributed by atoms with Crippen molar-refractivity contribution in [1.82, 2.24) is 30.6 Å². The summed E-state index contributed by atoms with van der Waals surface area (Å²) in [5.74, 6) is 0.336. The average Bonchev–Trinajstić information content (AvgIpc) is 3.40. The maximum atomic E-state index is 13.7. The maximum Gasteiger partial charge on any atom is 0.230 e. The van der Waals surface area contributed by atoms with Crippen LogP contribution in [0.5, 0.6) is 0 Å². The van der Waals surface area contributed by atoms with Crippen LogP contribution in [0.25, 0.3) is 22.6 Å². The number of halogens is 1. The van der Waals surface area contributed by atoms with Crippen LogP contribution in [0.4, 0.5) is 10.3 Å². The van der Waals surface area contributed by atoms with Gasteiger partial charge in [0.05, 0.1) is 48.2 Å². The fraction of sp³-hybridized carbons (Fsp3) is 0.444. The number of hydrogen-bond acceptors (Lipinski definition) is 9. The van der Waals surface area contributed by atoms with Crippen molar-refractivity contribution in [2.24, 2.45) is 5.41 Å². The Morgan fingerprint density at radius 1 is 1.18 bits per heavy atom. The molecule has 2 saturated heterocycles. The summed E-state index contributed by atoms with van der Waals surface area (Å²) in [6.45, 7) is 4.12. The fourth-order valence-corrected chi connectivity index (χ4v) is 4.56. The Hall–Kier alpha value is -3.92. The van der Waals surface area contributed by atoms with Crippen molar-refractivity contribution in [2.75, 3.05) is 38.2 Å². The van der Waals surface area contributed by atoms with E-state index < -0.39 is 11.7 Å². The molecule has 0 bridgehead atoms. The molecule has 12 heteroatoms. The number of rotatable bonds is 8. The number of hydrogen-bond donors (Lipinski definition) is 4. The highest BCUT2D eigenvalue weighted by molar-refractivity contribution is 5.82. The number of nitrogens with zero attached hydrogens (tertiary/aromatic N) is 4. The van der Waals surface area contributed by atoms with Crippen LogP contribution in [0.15, 0.2) is 36.5 Å². The van der Waals surface area contributed by atoms with Gasteiger partial charge in [0.15, 0.2) is 5.82 Å². The second-order valence-electron chi connectivity index (χ2n) is 9.97. The molecular formula is C27H31FN8O3. The first-order valence-corrected chi connectivity index (χ1v) is 13.0. The molecule has 11 nitrogen and oxygen atoms in total. The summed E-state index contributed by atoms with van der Waals surface area (Å²) >= 11 is 0. The number of benzene rings is 1. The van der Waals surface area contributed by atoms with Crippen LogP contribution in [0.1, 0.15) is 38.3 Å². The molecule has 2 aliphatic rings. The molecule has 1 amide bonds. The minimum Gasteiger partial charge on any atom is -0.354 e. The van der Waals surface area contributed by atoms with Crippen LogP contribution in [-0.4, -0.2) is 64.7 Å². The minimum atomic E-state index is -0.900. The van der Waals surface area contributed by atoms with Crippen molar-refractivity contribution < 1.29 is 18.7 Å². The Bertz CT molecular complexity index is 1330. The molecule has 5 rings (SSSR count). The minimum absolute atomic E-state index is 0.107. The van der Waals surface area contributed by atoms with Gasteiger partial charge in [-0.3, -0.25) is 4.79 Å². The highest BCUT2D eigenvalue weighted by Gasteiger charge is 2.40. The van der Waals surface area contributed by atoms with Gasteiger partial charge < -0.3 is 30.4 Å². The molecule has 3 aromatic rings.